The zero-order valence-electron chi connectivity index (χ0n) is 17.1. The number of nitrogens with zero attached hydrogens (tertiary/aromatic N) is 2. The van der Waals surface area contributed by atoms with Crippen LogP contribution in [0.25, 0.3) is 0 Å². The number of aliphatic imine (C=N–C) groups is 1. The quantitative estimate of drug-likeness (QED) is 0.514. The van der Waals surface area contributed by atoms with E-state index in [0.29, 0.717) is 18.3 Å². The number of hydrogen-bond donors (Lipinski definition) is 2. The largest absolute Gasteiger partial charge is 0.381 e. The van der Waals surface area contributed by atoms with Crippen LogP contribution in [-0.2, 0) is 15.5 Å². The van der Waals surface area contributed by atoms with Gasteiger partial charge < -0.3 is 20.3 Å². The van der Waals surface area contributed by atoms with Crippen molar-refractivity contribution in [3.63, 3.8) is 0 Å². The Morgan fingerprint density at radius 3 is 2.58 bits per heavy atom. The normalized spacial score (nSPS) is 24.6. The SMILES string of the molecule is CCNC(=NCCS(=O)C(C)(C)C)NC1CCN(CC2CCOC2)CC1. The van der Waals surface area contributed by atoms with Gasteiger partial charge in [0, 0.05) is 60.1 Å². The molecule has 2 fully saturated rings. The lowest BCUT2D eigenvalue weighted by Gasteiger charge is -2.34. The van der Waals surface area contributed by atoms with Gasteiger partial charge in [0.05, 0.1) is 13.2 Å². The molecule has 2 heterocycles. The molecule has 152 valence electrons. The maximum absolute atomic E-state index is 12.2. The standard InChI is InChI=1S/C19H38N4O2S/c1-5-20-18(21-9-13-26(24)19(2,3)4)22-17-6-10-23(11-7-17)14-16-8-12-25-15-16/h16-17H,5-15H2,1-4H3,(H2,20,21,22). The summed E-state index contributed by atoms with van der Waals surface area (Å²) >= 11 is 0. The molecule has 2 aliphatic rings. The van der Waals surface area contributed by atoms with E-state index in [-0.39, 0.29) is 4.75 Å². The van der Waals surface area contributed by atoms with E-state index >= 15 is 0 Å². The molecule has 0 radical (unpaired) electrons. The average molecular weight is 387 g/mol. The van der Waals surface area contributed by atoms with Gasteiger partial charge in [-0.15, -0.1) is 0 Å². The van der Waals surface area contributed by atoms with Crippen molar-refractivity contribution in [3.8, 4) is 0 Å². The molecule has 6 nitrogen and oxygen atoms in total. The molecule has 0 aromatic carbocycles. The summed E-state index contributed by atoms with van der Waals surface area (Å²) in [7, 11) is -0.851. The van der Waals surface area contributed by atoms with Gasteiger partial charge in [-0.2, -0.15) is 0 Å². The van der Waals surface area contributed by atoms with Crippen LogP contribution in [0.4, 0.5) is 0 Å². The molecular weight excluding hydrogens is 348 g/mol. The van der Waals surface area contributed by atoms with Gasteiger partial charge in [0.1, 0.15) is 0 Å². The second-order valence-corrected chi connectivity index (χ2v) is 10.7. The summed E-state index contributed by atoms with van der Waals surface area (Å²) in [4.78, 5) is 7.21. The van der Waals surface area contributed by atoms with Gasteiger partial charge in [-0.3, -0.25) is 9.20 Å². The molecule has 0 aromatic rings. The lowest BCUT2D eigenvalue weighted by Crippen LogP contribution is -2.49. The van der Waals surface area contributed by atoms with Crippen LogP contribution in [0, 0.1) is 5.92 Å². The van der Waals surface area contributed by atoms with Gasteiger partial charge in [0.15, 0.2) is 5.96 Å². The van der Waals surface area contributed by atoms with E-state index in [2.05, 4.69) is 27.4 Å². The third-order valence-corrected chi connectivity index (χ3v) is 6.96. The predicted molar refractivity (Wildman–Crippen MR) is 110 cm³/mol. The van der Waals surface area contributed by atoms with Crippen molar-refractivity contribution in [1.82, 2.24) is 15.5 Å². The molecule has 0 amide bonds. The van der Waals surface area contributed by atoms with Crippen LogP contribution in [0.3, 0.4) is 0 Å². The Kier molecular flexibility index (Phi) is 8.84. The highest BCUT2D eigenvalue weighted by atomic mass is 32.2. The third-order valence-electron chi connectivity index (χ3n) is 5.04. The number of hydrogen-bond acceptors (Lipinski definition) is 4. The van der Waals surface area contributed by atoms with E-state index in [9.17, 15) is 4.21 Å². The molecule has 0 aromatic heterocycles. The highest BCUT2D eigenvalue weighted by molar-refractivity contribution is 7.86. The average Bonchev–Trinajstić information content (AvgIpc) is 3.09. The molecular formula is C19H38N4O2S. The van der Waals surface area contributed by atoms with Crippen molar-refractivity contribution in [3.05, 3.63) is 0 Å². The summed E-state index contributed by atoms with van der Waals surface area (Å²) in [6, 6.07) is 0.469. The molecule has 2 aliphatic heterocycles. The highest BCUT2D eigenvalue weighted by Gasteiger charge is 2.24. The fourth-order valence-electron chi connectivity index (χ4n) is 3.41. The molecule has 2 atom stereocenters. The van der Waals surface area contributed by atoms with Crippen LogP contribution in [-0.4, -0.2) is 77.5 Å². The minimum Gasteiger partial charge on any atom is -0.381 e. The first-order valence-electron chi connectivity index (χ1n) is 10.1. The van der Waals surface area contributed by atoms with Crippen LogP contribution >= 0.6 is 0 Å². The summed E-state index contributed by atoms with van der Waals surface area (Å²) in [6.45, 7) is 14.9. The number of ether oxygens (including phenoxy) is 1. The van der Waals surface area contributed by atoms with Gasteiger partial charge in [0.25, 0.3) is 0 Å². The molecule has 0 spiro atoms. The molecule has 0 bridgehead atoms. The Bertz CT molecular complexity index is 465. The Morgan fingerprint density at radius 1 is 1.27 bits per heavy atom. The number of rotatable bonds is 7. The van der Waals surface area contributed by atoms with E-state index in [4.69, 9.17) is 4.74 Å². The summed E-state index contributed by atoms with van der Waals surface area (Å²) in [5.41, 5.74) is 0. The first-order valence-corrected chi connectivity index (χ1v) is 11.4. The number of likely N-dealkylation sites (tertiary alicyclic amines) is 1. The van der Waals surface area contributed by atoms with Crippen molar-refractivity contribution in [1.29, 1.82) is 0 Å². The maximum atomic E-state index is 12.2. The smallest absolute Gasteiger partial charge is 0.191 e. The summed E-state index contributed by atoms with van der Waals surface area (Å²) < 4.78 is 17.5. The second-order valence-electron chi connectivity index (χ2n) is 8.37. The van der Waals surface area contributed by atoms with Crippen LogP contribution in [0.1, 0.15) is 47.0 Å². The van der Waals surface area contributed by atoms with Crippen molar-refractivity contribution < 1.29 is 8.95 Å². The van der Waals surface area contributed by atoms with Gasteiger partial charge in [-0.05, 0) is 52.9 Å². The number of guanidine groups is 1. The van der Waals surface area contributed by atoms with Crippen LogP contribution < -0.4 is 10.6 Å². The van der Waals surface area contributed by atoms with E-state index in [0.717, 1.165) is 57.6 Å². The molecule has 2 unspecified atom stereocenters. The Labute approximate surface area is 162 Å². The topological polar surface area (TPSA) is 66.0 Å². The van der Waals surface area contributed by atoms with Crippen molar-refractivity contribution in [2.45, 2.75) is 57.7 Å². The Balaban J connectivity index is 1.73. The van der Waals surface area contributed by atoms with E-state index < -0.39 is 10.8 Å². The minimum atomic E-state index is -0.851. The van der Waals surface area contributed by atoms with Crippen LogP contribution in [0.15, 0.2) is 4.99 Å². The molecule has 26 heavy (non-hydrogen) atoms. The Hall–Kier alpha value is -0.660. The molecule has 2 N–H and O–H groups in total. The van der Waals surface area contributed by atoms with E-state index in [1.807, 2.05) is 20.8 Å². The van der Waals surface area contributed by atoms with Crippen molar-refractivity contribution in [2.75, 3.05) is 51.7 Å². The van der Waals surface area contributed by atoms with Crippen molar-refractivity contribution >= 4 is 16.8 Å². The number of nitrogens with one attached hydrogen (secondary N) is 2. The number of piperidine rings is 1. The molecule has 0 aliphatic carbocycles. The first kappa shape index (κ1) is 21.6. The molecule has 2 rings (SSSR count). The van der Waals surface area contributed by atoms with Gasteiger partial charge >= 0.3 is 0 Å². The van der Waals surface area contributed by atoms with Crippen molar-refractivity contribution in [2.24, 2.45) is 10.9 Å². The monoisotopic (exact) mass is 386 g/mol. The lowest BCUT2D eigenvalue weighted by molar-refractivity contribution is 0.150. The summed E-state index contributed by atoms with van der Waals surface area (Å²) in [6.07, 6.45) is 3.50. The van der Waals surface area contributed by atoms with Gasteiger partial charge in [0.2, 0.25) is 0 Å². The molecule has 0 saturated carbocycles. The maximum Gasteiger partial charge on any atom is 0.191 e. The third kappa shape index (κ3) is 7.53. The Morgan fingerprint density at radius 2 is 2.00 bits per heavy atom. The molecule has 2 saturated heterocycles. The van der Waals surface area contributed by atoms with Gasteiger partial charge in [-0.1, -0.05) is 0 Å². The van der Waals surface area contributed by atoms with E-state index in [1.54, 1.807) is 0 Å². The van der Waals surface area contributed by atoms with E-state index in [1.165, 1.54) is 13.0 Å². The van der Waals surface area contributed by atoms with Crippen LogP contribution in [0.2, 0.25) is 0 Å². The summed E-state index contributed by atoms with van der Waals surface area (Å²) in [5.74, 6) is 2.20. The summed E-state index contributed by atoms with van der Waals surface area (Å²) in [5, 5.41) is 6.89. The zero-order valence-corrected chi connectivity index (χ0v) is 17.9. The highest BCUT2D eigenvalue weighted by Crippen LogP contribution is 2.17. The zero-order chi connectivity index (χ0) is 19.0. The minimum absolute atomic E-state index is 0.168. The fourth-order valence-corrected chi connectivity index (χ4v) is 4.28. The predicted octanol–water partition coefficient (Wildman–Crippen LogP) is 1.59. The molecule has 7 heteroatoms. The second kappa shape index (κ2) is 10.6. The lowest BCUT2D eigenvalue weighted by atomic mass is 10.0. The fraction of sp³-hybridized carbons (Fsp3) is 0.947. The van der Waals surface area contributed by atoms with Gasteiger partial charge in [-0.25, -0.2) is 0 Å². The first-order chi connectivity index (χ1) is 12.4. The van der Waals surface area contributed by atoms with Crippen LogP contribution in [0.5, 0.6) is 0 Å².